The van der Waals surface area contributed by atoms with Crippen molar-refractivity contribution in [3.05, 3.63) is 134 Å². The maximum Gasteiger partial charge on any atom is 0.306 e. The molecule has 0 saturated carbocycles. The molecule has 70 heavy (non-hydrogen) atoms. The Morgan fingerprint density at radius 1 is 0.314 bits per heavy atom. The predicted octanol–water partition coefficient (Wildman–Crippen LogP) is 19.0. The zero-order valence-electron chi connectivity index (χ0n) is 45.0. The third-order valence-corrected chi connectivity index (χ3v) is 11.6. The Morgan fingerprint density at radius 2 is 0.629 bits per heavy atom. The molecule has 0 aromatic carbocycles. The molecule has 394 valence electrons. The molecule has 0 fully saturated rings. The molecule has 0 bridgehead atoms. The lowest BCUT2D eigenvalue weighted by atomic mass is 10.1. The van der Waals surface area contributed by atoms with Crippen LogP contribution in [0.15, 0.2) is 134 Å². The van der Waals surface area contributed by atoms with Gasteiger partial charge in [-0.05, 0) is 96.3 Å². The molecule has 0 aromatic heterocycles. The molecule has 0 spiro atoms. The standard InChI is InChI=1S/C64H102O6/c1-4-7-10-13-16-19-22-25-28-30-32-34-36-39-42-45-48-51-54-57-63(66)69-60-61(59-68-62(65)56-53-50-47-44-41-38-27-24-21-18-15-12-9-6-3)70-64(67)58-55-52-49-46-43-40-37-35-33-31-29-26-23-20-17-14-11-8-5-2/h7,9-10,12-13,16,18-19,21-22,25,27-28,30-34,36,38-39,42,61H,4-6,8,11,14-15,17,20,23-24,26,29,35,37,40-41,43-60H2,1-3H3/b10-7-,12-9-,16-13-,21-18-,22-19-,28-25-,32-30+,33-31-,36-34-,38-27-,42-39-. The van der Waals surface area contributed by atoms with E-state index in [9.17, 15) is 14.4 Å². The number of hydrogen-bond donors (Lipinski definition) is 0. The van der Waals surface area contributed by atoms with Gasteiger partial charge in [-0.3, -0.25) is 14.4 Å². The number of carbonyl (C=O) groups is 3. The van der Waals surface area contributed by atoms with E-state index in [0.717, 1.165) is 103 Å². The molecule has 0 amide bonds. The van der Waals surface area contributed by atoms with Crippen LogP contribution >= 0.6 is 0 Å². The molecular formula is C64H102O6. The highest BCUT2D eigenvalue weighted by molar-refractivity contribution is 5.71. The molecule has 0 aliphatic carbocycles. The fourth-order valence-corrected chi connectivity index (χ4v) is 7.38. The molecule has 0 rings (SSSR count). The first-order valence-corrected chi connectivity index (χ1v) is 28.3. The highest BCUT2D eigenvalue weighted by Gasteiger charge is 2.19. The van der Waals surface area contributed by atoms with Crippen molar-refractivity contribution in [3.63, 3.8) is 0 Å². The number of hydrogen-bond acceptors (Lipinski definition) is 6. The molecule has 0 saturated heterocycles. The van der Waals surface area contributed by atoms with Crippen LogP contribution in [0.5, 0.6) is 0 Å². The summed E-state index contributed by atoms with van der Waals surface area (Å²) in [6.45, 7) is 6.31. The van der Waals surface area contributed by atoms with E-state index in [-0.39, 0.29) is 31.1 Å². The van der Waals surface area contributed by atoms with E-state index < -0.39 is 6.10 Å². The van der Waals surface area contributed by atoms with Gasteiger partial charge in [-0.25, -0.2) is 0 Å². The summed E-state index contributed by atoms with van der Waals surface area (Å²) in [5.74, 6) is -0.985. The van der Waals surface area contributed by atoms with Crippen LogP contribution in [0, 0.1) is 0 Å². The van der Waals surface area contributed by atoms with E-state index >= 15 is 0 Å². The van der Waals surface area contributed by atoms with E-state index in [2.05, 4.69) is 81.5 Å². The van der Waals surface area contributed by atoms with Gasteiger partial charge >= 0.3 is 17.9 Å². The van der Waals surface area contributed by atoms with Gasteiger partial charge in [-0.1, -0.05) is 251 Å². The van der Waals surface area contributed by atoms with Gasteiger partial charge in [0.2, 0.25) is 0 Å². The van der Waals surface area contributed by atoms with Gasteiger partial charge in [0.1, 0.15) is 13.2 Å². The van der Waals surface area contributed by atoms with Crippen LogP contribution in [-0.4, -0.2) is 37.2 Å². The van der Waals surface area contributed by atoms with Gasteiger partial charge in [-0.2, -0.15) is 0 Å². The van der Waals surface area contributed by atoms with Crippen molar-refractivity contribution in [2.24, 2.45) is 0 Å². The van der Waals surface area contributed by atoms with Crippen molar-refractivity contribution >= 4 is 17.9 Å². The van der Waals surface area contributed by atoms with Crippen LogP contribution in [0.4, 0.5) is 0 Å². The predicted molar refractivity (Wildman–Crippen MR) is 302 cm³/mol. The second-order valence-electron chi connectivity index (χ2n) is 18.3. The van der Waals surface area contributed by atoms with E-state index in [1.807, 2.05) is 72.9 Å². The number of carbonyl (C=O) groups excluding carboxylic acids is 3. The Bertz CT molecular complexity index is 1530. The summed E-state index contributed by atoms with van der Waals surface area (Å²) in [7, 11) is 0. The average molecular weight is 968 g/mol. The molecule has 0 aliphatic heterocycles. The molecule has 6 nitrogen and oxygen atoms in total. The number of esters is 3. The Balaban J connectivity index is 4.53. The number of rotatable bonds is 49. The highest BCUT2D eigenvalue weighted by Crippen LogP contribution is 2.14. The Morgan fingerprint density at radius 3 is 1.07 bits per heavy atom. The van der Waals surface area contributed by atoms with Crippen LogP contribution in [0.1, 0.15) is 233 Å². The van der Waals surface area contributed by atoms with Gasteiger partial charge in [0, 0.05) is 19.3 Å². The summed E-state index contributed by atoms with van der Waals surface area (Å²) in [6, 6.07) is 0. The normalized spacial score (nSPS) is 13.1. The molecule has 0 radical (unpaired) electrons. The van der Waals surface area contributed by atoms with Gasteiger partial charge in [0.25, 0.3) is 0 Å². The fraction of sp³-hybridized carbons (Fsp3) is 0.609. The lowest BCUT2D eigenvalue weighted by molar-refractivity contribution is -0.167. The average Bonchev–Trinajstić information content (AvgIpc) is 3.36. The Hall–Kier alpha value is -4.45. The second kappa shape index (κ2) is 57.1. The van der Waals surface area contributed by atoms with Crippen molar-refractivity contribution < 1.29 is 28.6 Å². The quantitative estimate of drug-likeness (QED) is 0.0199. The lowest BCUT2D eigenvalue weighted by Crippen LogP contribution is -2.30. The fourth-order valence-electron chi connectivity index (χ4n) is 7.38. The van der Waals surface area contributed by atoms with Crippen LogP contribution in [-0.2, 0) is 28.6 Å². The van der Waals surface area contributed by atoms with Gasteiger partial charge in [0.15, 0.2) is 6.10 Å². The number of allylic oxidation sites excluding steroid dienone is 22. The summed E-state index contributed by atoms with van der Waals surface area (Å²) in [5, 5.41) is 0. The van der Waals surface area contributed by atoms with Crippen molar-refractivity contribution in [1.29, 1.82) is 0 Å². The van der Waals surface area contributed by atoms with Gasteiger partial charge in [0.05, 0.1) is 0 Å². The summed E-state index contributed by atoms with van der Waals surface area (Å²) < 4.78 is 16.8. The van der Waals surface area contributed by atoms with Crippen LogP contribution in [0.3, 0.4) is 0 Å². The topological polar surface area (TPSA) is 78.9 Å². The minimum atomic E-state index is -0.814. The van der Waals surface area contributed by atoms with Crippen molar-refractivity contribution in [3.8, 4) is 0 Å². The van der Waals surface area contributed by atoms with Crippen molar-refractivity contribution in [2.45, 2.75) is 239 Å². The summed E-state index contributed by atoms with van der Waals surface area (Å²) in [6.07, 6.45) is 80.1. The third kappa shape index (κ3) is 54.5. The Kier molecular flexibility index (Phi) is 53.5. The first-order chi connectivity index (χ1) is 34.5. The lowest BCUT2D eigenvalue weighted by Gasteiger charge is -2.18. The van der Waals surface area contributed by atoms with E-state index in [0.29, 0.717) is 19.3 Å². The molecule has 6 heteroatoms. The number of unbranched alkanes of at least 4 members (excludes halogenated alkanes) is 22. The van der Waals surface area contributed by atoms with Gasteiger partial charge < -0.3 is 14.2 Å². The third-order valence-electron chi connectivity index (χ3n) is 11.6. The zero-order valence-corrected chi connectivity index (χ0v) is 45.0. The first-order valence-electron chi connectivity index (χ1n) is 28.3. The monoisotopic (exact) mass is 967 g/mol. The summed E-state index contributed by atoms with van der Waals surface area (Å²) in [4.78, 5) is 38.1. The highest BCUT2D eigenvalue weighted by atomic mass is 16.6. The van der Waals surface area contributed by atoms with Crippen molar-refractivity contribution in [1.82, 2.24) is 0 Å². The van der Waals surface area contributed by atoms with Gasteiger partial charge in [-0.15, -0.1) is 0 Å². The smallest absolute Gasteiger partial charge is 0.306 e. The minimum absolute atomic E-state index is 0.111. The molecule has 0 aromatic rings. The first kappa shape index (κ1) is 65.5. The van der Waals surface area contributed by atoms with Crippen LogP contribution in [0.25, 0.3) is 0 Å². The minimum Gasteiger partial charge on any atom is -0.462 e. The molecule has 0 N–H and O–H groups in total. The van der Waals surface area contributed by atoms with Crippen molar-refractivity contribution in [2.75, 3.05) is 13.2 Å². The SMILES string of the molecule is CC\C=C/C=C\C=C/C=C\C=C\C=C/C=C\CCCCCC(=O)OCC(COC(=O)CCCCCC/C=C\C/C=C\C/C=C\CC)OC(=O)CCCCCCCCC/C=C\CCCCCCCCCC. The van der Waals surface area contributed by atoms with E-state index in [1.54, 1.807) is 0 Å². The van der Waals surface area contributed by atoms with E-state index in [4.69, 9.17) is 14.2 Å². The molecule has 1 atom stereocenters. The summed E-state index contributed by atoms with van der Waals surface area (Å²) >= 11 is 0. The van der Waals surface area contributed by atoms with Crippen LogP contribution < -0.4 is 0 Å². The maximum absolute atomic E-state index is 12.9. The molecule has 0 heterocycles. The molecule has 1 unspecified atom stereocenters. The Labute approximate surface area is 430 Å². The molecule has 0 aliphatic rings. The van der Waals surface area contributed by atoms with Crippen LogP contribution in [0.2, 0.25) is 0 Å². The number of ether oxygens (including phenoxy) is 3. The second-order valence-corrected chi connectivity index (χ2v) is 18.3. The largest absolute Gasteiger partial charge is 0.462 e. The molecular weight excluding hydrogens is 865 g/mol. The zero-order chi connectivity index (χ0) is 50.7. The summed E-state index contributed by atoms with van der Waals surface area (Å²) in [5.41, 5.74) is 0. The maximum atomic E-state index is 12.9. The van der Waals surface area contributed by atoms with E-state index in [1.165, 1.54) is 89.9 Å².